The van der Waals surface area contributed by atoms with Crippen LogP contribution in [-0.4, -0.2) is 23.1 Å². The summed E-state index contributed by atoms with van der Waals surface area (Å²) < 4.78 is 0. The lowest BCUT2D eigenvalue weighted by Crippen LogP contribution is -2.28. The van der Waals surface area contributed by atoms with Crippen molar-refractivity contribution in [3.8, 4) is 0 Å². The topological polar surface area (TPSA) is 49.8 Å². The Morgan fingerprint density at radius 3 is 3.00 bits per heavy atom. The highest BCUT2D eigenvalue weighted by Gasteiger charge is 2.15. The summed E-state index contributed by atoms with van der Waals surface area (Å²) in [5.41, 5.74) is 2.47. The number of piperidine rings is 1. The molecule has 3 heterocycles. The lowest BCUT2D eigenvalue weighted by molar-refractivity contribution is 0.461. The minimum absolute atomic E-state index is 0.595. The molecular weight excluding hydrogens is 248 g/mol. The molecule has 1 atom stereocenters. The number of pyridine rings is 2. The second kappa shape index (κ2) is 6.01. The van der Waals surface area contributed by atoms with Crippen molar-refractivity contribution in [2.45, 2.75) is 25.7 Å². The lowest BCUT2D eigenvalue weighted by Gasteiger charge is -2.23. The lowest BCUT2D eigenvalue weighted by atomic mass is 9.92. The molecule has 0 radical (unpaired) electrons. The van der Waals surface area contributed by atoms with E-state index in [1.807, 2.05) is 25.3 Å². The molecule has 2 aromatic heterocycles. The highest BCUT2D eigenvalue weighted by atomic mass is 15.0. The van der Waals surface area contributed by atoms with Gasteiger partial charge in [-0.3, -0.25) is 0 Å². The van der Waals surface area contributed by atoms with Crippen LogP contribution in [0, 0.1) is 6.92 Å². The zero-order valence-corrected chi connectivity index (χ0v) is 11.8. The molecule has 0 amide bonds. The van der Waals surface area contributed by atoms with Crippen LogP contribution < -0.4 is 10.6 Å². The molecule has 0 bridgehead atoms. The van der Waals surface area contributed by atoms with Gasteiger partial charge in [-0.1, -0.05) is 6.07 Å². The second-order valence-electron chi connectivity index (χ2n) is 5.31. The van der Waals surface area contributed by atoms with Gasteiger partial charge in [0.25, 0.3) is 0 Å². The molecular formula is C16H20N4. The number of rotatable bonds is 3. The van der Waals surface area contributed by atoms with Crippen LogP contribution in [-0.2, 0) is 0 Å². The van der Waals surface area contributed by atoms with Crippen molar-refractivity contribution in [3.63, 3.8) is 0 Å². The maximum atomic E-state index is 4.40. The summed E-state index contributed by atoms with van der Waals surface area (Å²) in [5.74, 6) is 2.34. The van der Waals surface area contributed by atoms with Crippen LogP contribution in [0.25, 0.3) is 0 Å². The van der Waals surface area contributed by atoms with Crippen molar-refractivity contribution in [2.24, 2.45) is 0 Å². The van der Waals surface area contributed by atoms with E-state index in [1.54, 1.807) is 6.20 Å². The minimum atomic E-state index is 0.595. The number of aryl methyl sites for hydroxylation is 1. The van der Waals surface area contributed by atoms with E-state index >= 15 is 0 Å². The summed E-state index contributed by atoms with van der Waals surface area (Å²) >= 11 is 0. The molecule has 3 rings (SSSR count). The van der Waals surface area contributed by atoms with Crippen LogP contribution in [0.15, 0.2) is 36.7 Å². The van der Waals surface area contributed by atoms with E-state index in [-0.39, 0.29) is 0 Å². The summed E-state index contributed by atoms with van der Waals surface area (Å²) in [7, 11) is 0. The maximum absolute atomic E-state index is 4.40. The van der Waals surface area contributed by atoms with Crippen LogP contribution in [0.5, 0.6) is 0 Å². The molecule has 1 fully saturated rings. The van der Waals surface area contributed by atoms with Gasteiger partial charge in [-0.15, -0.1) is 0 Å². The minimum Gasteiger partial charge on any atom is -0.325 e. The molecule has 0 aromatic carbocycles. The smallest absolute Gasteiger partial charge is 0.134 e. The first kappa shape index (κ1) is 13.1. The quantitative estimate of drug-likeness (QED) is 0.898. The van der Waals surface area contributed by atoms with E-state index in [2.05, 4.69) is 32.7 Å². The van der Waals surface area contributed by atoms with Gasteiger partial charge in [-0.05, 0) is 61.6 Å². The van der Waals surface area contributed by atoms with E-state index in [1.165, 1.54) is 18.4 Å². The fourth-order valence-electron chi connectivity index (χ4n) is 2.64. The molecule has 2 N–H and O–H groups in total. The predicted molar refractivity (Wildman–Crippen MR) is 81.3 cm³/mol. The van der Waals surface area contributed by atoms with E-state index in [0.717, 1.165) is 30.3 Å². The van der Waals surface area contributed by atoms with Crippen molar-refractivity contribution < 1.29 is 0 Å². The Bertz CT molecular complexity index is 576. The fourth-order valence-corrected chi connectivity index (χ4v) is 2.64. The Kier molecular flexibility index (Phi) is 3.92. The van der Waals surface area contributed by atoms with Gasteiger partial charge in [-0.2, -0.15) is 0 Å². The van der Waals surface area contributed by atoms with Crippen LogP contribution in [0.2, 0.25) is 0 Å². The molecule has 104 valence electrons. The highest BCUT2D eigenvalue weighted by molar-refractivity contribution is 5.56. The van der Waals surface area contributed by atoms with Crippen LogP contribution in [0.3, 0.4) is 0 Å². The SMILES string of the molecule is Cc1cccnc1Nc1cc(C2CCCNC2)ccn1. The molecule has 1 aliphatic rings. The summed E-state index contributed by atoms with van der Waals surface area (Å²) in [6, 6.07) is 8.25. The summed E-state index contributed by atoms with van der Waals surface area (Å²) in [6.45, 7) is 4.25. The molecule has 2 aromatic rings. The van der Waals surface area contributed by atoms with E-state index in [9.17, 15) is 0 Å². The molecule has 1 aliphatic heterocycles. The van der Waals surface area contributed by atoms with Gasteiger partial charge in [-0.25, -0.2) is 9.97 Å². The summed E-state index contributed by atoms with van der Waals surface area (Å²) in [6.07, 6.45) is 6.17. The van der Waals surface area contributed by atoms with Gasteiger partial charge in [0, 0.05) is 18.9 Å². The maximum Gasteiger partial charge on any atom is 0.134 e. The molecule has 4 nitrogen and oxygen atoms in total. The van der Waals surface area contributed by atoms with Crippen LogP contribution >= 0.6 is 0 Å². The average molecular weight is 268 g/mol. The van der Waals surface area contributed by atoms with E-state index < -0.39 is 0 Å². The van der Waals surface area contributed by atoms with Gasteiger partial charge in [0.2, 0.25) is 0 Å². The van der Waals surface area contributed by atoms with Crippen molar-refractivity contribution in [1.29, 1.82) is 0 Å². The number of nitrogens with zero attached hydrogens (tertiary/aromatic N) is 2. The number of nitrogens with one attached hydrogen (secondary N) is 2. The van der Waals surface area contributed by atoms with E-state index in [0.29, 0.717) is 5.92 Å². The van der Waals surface area contributed by atoms with Gasteiger partial charge in [0.05, 0.1) is 0 Å². The second-order valence-corrected chi connectivity index (χ2v) is 5.31. The van der Waals surface area contributed by atoms with Gasteiger partial charge < -0.3 is 10.6 Å². The third kappa shape index (κ3) is 2.96. The summed E-state index contributed by atoms with van der Waals surface area (Å²) in [5, 5.41) is 6.77. The highest BCUT2D eigenvalue weighted by Crippen LogP contribution is 2.25. The number of hydrogen-bond acceptors (Lipinski definition) is 4. The molecule has 0 aliphatic carbocycles. The Labute approximate surface area is 119 Å². The molecule has 0 spiro atoms. The molecule has 4 heteroatoms. The normalized spacial score (nSPS) is 18.8. The van der Waals surface area contributed by atoms with Crippen molar-refractivity contribution in [2.75, 3.05) is 18.4 Å². The van der Waals surface area contributed by atoms with Crippen LogP contribution in [0.4, 0.5) is 11.6 Å². The van der Waals surface area contributed by atoms with Crippen molar-refractivity contribution in [1.82, 2.24) is 15.3 Å². The van der Waals surface area contributed by atoms with Crippen molar-refractivity contribution >= 4 is 11.6 Å². The first-order chi connectivity index (χ1) is 9.83. The third-order valence-electron chi connectivity index (χ3n) is 3.81. The molecule has 1 saturated heterocycles. The fraction of sp³-hybridized carbons (Fsp3) is 0.375. The Morgan fingerprint density at radius 1 is 1.25 bits per heavy atom. The summed E-state index contributed by atoms with van der Waals surface area (Å²) in [4.78, 5) is 8.75. The Hall–Kier alpha value is -1.94. The standard InChI is InChI=1S/C16H20N4/c1-12-4-2-8-19-16(12)20-15-10-13(6-9-18-15)14-5-3-7-17-11-14/h2,4,6,8-10,14,17H,3,5,7,11H2,1H3,(H,18,19,20). The van der Waals surface area contributed by atoms with Crippen LogP contribution in [0.1, 0.15) is 29.9 Å². The Morgan fingerprint density at radius 2 is 2.20 bits per heavy atom. The third-order valence-corrected chi connectivity index (χ3v) is 3.81. The Balaban J connectivity index is 1.79. The number of anilines is 2. The monoisotopic (exact) mass is 268 g/mol. The predicted octanol–water partition coefficient (Wildman–Crippen LogP) is 3.00. The van der Waals surface area contributed by atoms with Crippen molar-refractivity contribution in [3.05, 3.63) is 47.8 Å². The molecule has 1 unspecified atom stereocenters. The molecule has 20 heavy (non-hydrogen) atoms. The van der Waals surface area contributed by atoms with E-state index in [4.69, 9.17) is 0 Å². The largest absolute Gasteiger partial charge is 0.325 e. The van der Waals surface area contributed by atoms with Gasteiger partial charge in [0.1, 0.15) is 11.6 Å². The zero-order chi connectivity index (χ0) is 13.8. The zero-order valence-electron chi connectivity index (χ0n) is 11.8. The molecule has 0 saturated carbocycles. The first-order valence-corrected chi connectivity index (χ1v) is 7.18. The number of aromatic nitrogens is 2. The van der Waals surface area contributed by atoms with Gasteiger partial charge in [0.15, 0.2) is 0 Å². The van der Waals surface area contributed by atoms with Gasteiger partial charge >= 0.3 is 0 Å². The average Bonchev–Trinajstić information content (AvgIpc) is 2.51. The number of hydrogen-bond donors (Lipinski definition) is 2. The first-order valence-electron chi connectivity index (χ1n) is 7.18.